The second kappa shape index (κ2) is 16.9. The maximum atomic E-state index is 14.6. The Morgan fingerprint density at radius 2 is 1.51 bits per heavy atom. The van der Waals surface area contributed by atoms with E-state index in [2.05, 4.69) is 5.32 Å². The summed E-state index contributed by atoms with van der Waals surface area (Å²) in [5.74, 6) is -0.325. The van der Waals surface area contributed by atoms with Crippen molar-refractivity contribution in [1.29, 1.82) is 0 Å². The van der Waals surface area contributed by atoms with E-state index in [4.69, 9.17) is 21.1 Å². The van der Waals surface area contributed by atoms with Gasteiger partial charge in [0.05, 0.1) is 24.8 Å². The molecule has 4 aromatic rings. The summed E-state index contributed by atoms with van der Waals surface area (Å²) in [7, 11) is -1.42. The smallest absolute Gasteiger partial charge is 0.264 e. The van der Waals surface area contributed by atoms with Crippen molar-refractivity contribution in [2.24, 2.45) is 0 Å². The second-order valence-corrected chi connectivity index (χ2v) is 13.2. The van der Waals surface area contributed by atoms with Crippen molar-refractivity contribution in [2.75, 3.05) is 31.6 Å². The molecule has 9 nitrogen and oxygen atoms in total. The molecule has 47 heavy (non-hydrogen) atoms. The van der Waals surface area contributed by atoms with Crippen LogP contribution in [0.5, 0.6) is 11.5 Å². The second-order valence-electron chi connectivity index (χ2n) is 10.9. The molecule has 0 saturated carbocycles. The molecule has 1 atom stereocenters. The fourth-order valence-electron chi connectivity index (χ4n) is 5.07. The van der Waals surface area contributed by atoms with Crippen LogP contribution < -0.4 is 19.1 Å². The molecule has 0 unspecified atom stereocenters. The number of ether oxygens (including phenoxy) is 2. The summed E-state index contributed by atoms with van der Waals surface area (Å²) >= 11 is 6.16. The van der Waals surface area contributed by atoms with E-state index in [1.807, 2.05) is 37.3 Å². The summed E-state index contributed by atoms with van der Waals surface area (Å²) in [6.07, 6.45) is 1.87. The summed E-state index contributed by atoms with van der Waals surface area (Å²) < 4.78 is 40.6. The topological polar surface area (TPSA) is 105 Å². The number of sulfonamides is 1. The first kappa shape index (κ1) is 35.3. The Balaban J connectivity index is 1.84. The highest BCUT2D eigenvalue weighted by atomic mass is 35.5. The van der Waals surface area contributed by atoms with Crippen LogP contribution in [-0.4, -0.2) is 58.5 Å². The Labute approximate surface area is 282 Å². The number of hydrogen-bond acceptors (Lipinski definition) is 6. The number of anilines is 1. The first-order valence-electron chi connectivity index (χ1n) is 15.3. The largest absolute Gasteiger partial charge is 0.497 e. The molecular formula is C36H40ClN3O6S. The Morgan fingerprint density at radius 1 is 0.851 bits per heavy atom. The van der Waals surface area contributed by atoms with Crippen molar-refractivity contribution >= 4 is 39.1 Å². The van der Waals surface area contributed by atoms with Gasteiger partial charge in [-0.25, -0.2) is 8.42 Å². The van der Waals surface area contributed by atoms with Crippen molar-refractivity contribution in [3.63, 3.8) is 0 Å². The van der Waals surface area contributed by atoms with Crippen molar-refractivity contribution in [1.82, 2.24) is 10.2 Å². The van der Waals surface area contributed by atoms with Gasteiger partial charge in [0.1, 0.15) is 24.1 Å². The normalized spacial score (nSPS) is 11.7. The third-order valence-electron chi connectivity index (χ3n) is 7.63. The van der Waals surface area contributed by atoms with E-state index in [-0.39, 0.29) is 35.2 Å². The van der Waals surface area contributed by atoms with Gasteiger partial charge in [-0.05, 0) is 53.9 Å². The summed E-state index contributed by atoms with van der Waals surface area (Å²) in [6, 6.07) is 28.0. The third-order valence-corrected chi connectivity index (χ3v) is 9.66. The van der Waals surface area contributed by atoms with E-state index in [9.17, 15) is 18.0 Å². The molecule has 0 aromatic heterocycles. The predicted octanol–water partition coefficient (Wildman–Crippen LogP) is 6.11. The van der Waals surface area contributed by atoms with Crippen LogP contribution in [-0.2, 0) is 32.6 Å². The number of rotatable bonds is 16. The molecule has 0 saturated heterocycles. The molecule has 0 aliphatic carbocycles. The van der Waals surface area contributed by atoms with Crippen LogP contribution in [0.2, 0.25) is 5.02 Å². The van der Waals surface area contributed by atoms with Crippen LogP contribution in [0, 0.1) is 0 Å². The average molecular weight is 678 g/mol. The summed E-state index contributed by atoms with van der Waals surface area (Å²) in [5, 5.41) is 3.51. The van der Waals surface area contributed by atoms with E-state index in [0.717, 1.165) is 28.3 Å². The van der Waals surface area contributed by atoms with E-state index >= 15 is 0 Å². The van der Waals surface area contributed by atoms with Crippen LogP contribution in [0.1, 0.15) is 30.9 Å². The summed E-state index contributed by atoms with van der Waals surface area (Å²) in [5.41, 5.74) is 1.68. The van der Waals surface area contributed by atoms with Gasteiger partial charge < -0.3 is 19.7 Å². The van der Waals surface area contributed by atoms with Crippen LogP contribution in [0.15, 0.2) is 108 Å². The minimum Gasteiger partial charge on any atom is -0.497 e. The molecule has 0 radical (unpaired) electrons. The molecule has 0 spiro atoms. The van der Waals surface area contributed by atoms with E-state index < -0.39 is 28.5 Å². The SMILES string of the molecule is CCCCNC(=O)[C@H](Cc1ccccc1)N(Cc1ccc(Cl)cc1)C(=O)CN(c1cc(OC)ccc1OC)S(=O)(=O)c1ccccc1. The van der Waals surface area contributed by atoms with Crippen molar-refractivity contribution in [3.8, 4) is 11.5 Å². The van der Waals surface area contributed by atoms with Gasteiger partial charge in [0.2, 0.25) is 11.8 Å². The minimum atomic E-state index is -4.31. The monoisotopic (exact) mass is 677 g/mol. The number of nitrogens with zero attached hydrogens (tertiary/aromatic N) is 2. The highest BCUT2D eigenvalue weighted by Gasteiger charge is 2.35. The van der Waals surface area contributed by atoms with Crippen LogP contribution in [0.3, 0.4) is 0 Å². The fourth-order valence-corrected chi connectivity index (χ4v) is 6.63. The van der Waals surface area contributed by atoms with Gasteiger partial charge in [0.15, 0.2) is 0 Å². The highest BCUT2D eigenvalue weighted by Crippen LogP contribution is 2.36. The molecule has 11 heteroatoms. The molecule has 4 aromatic carbocycles. The van der Waals surface area contributed by atoms with Gasteiger partial charge in [-0.2, -0.15) is 0 Å². The van der Waals surface area contributed by atoms with Gasteiger partial charge in [-0.15, -0.1) is 0 Å². The van der Waals surface area contributed by atoms with Crippen LogP contribution in [0.4, 0.5) is 5.69 Å². The van der Waals surface area contributed by atoms with Crippen molar-refractivity contribution in [3.05, 3.63) is 119 Å². The molecule has 4 rings (SSSR count). The molecule has 0 aliphatic rings. The lowest BCUT2D eigenvalue weighted by Crippen LogP contribution is -2.53. The van der Waals surface area contributed by atoms with Crippen molar-refractivity contribution in [2.45, 2.75) is 43.7 Å². The van der Waals surface area contributed by atoms with Crippen LogP contribution in [0.25, 0.3) is 0 Å². The van der Waals surface area contributed by atoms with Crippen molar-refractivity contribution < 1.29 is 27.5 Å². The van der Waals surface area contributed by atoms with Gasteiger partial charge in [0, 0.05) is 30.6 Å². The minimum absolute atomic E-state index is 0.0138. The maximum Gasteiger partial charge on any atom is 0.264 e. The van der Waals surface area contributed by atoms with Crippen LogP contribution >= 0.6 is 11.6 Å². The number of nitrogens with one attached hydrogen (secondary N) is 1. The molecule has 2 amide bonds. The predicted molar refractivity (Wildman–Crippen MR) is 184 cm³/mol. The summed E-state index contributed by atoms with van der Waals surface area (Å²) in [4.78, 5) is 29.9. The lowest BCUT2D eigenvalue weighted by atomic mass is 10.0. The fraction of sp³-hybridized carbons (Fsp3) is 0.278. The molecule has 1 N–H and O–H groups in total. The Hall–Kier alpha value is -4.54. The Morgan fingerprint density at radius 3 is 2.13 bits per heavy atom. The average Bonchev–Trinajstić information content (AvgIpc) is 3.10. The van der Waals surface area contributed by atoms with Gasteiger partial charge in [-0.3, -0.25) is 13.9 Å². The number of unbranched alkanes of at least 4 members (excludes halogenated alkanes) is 1. The molecule has 0 heterocycles. The number of methoxy groups -OCH3 is 2. The maximum absolute atomic E-state index is 14.6. The zero-order chi connectivity index (χ0) is 33.8. The standard InChI is InChI=1S/C36H40ClN3O6S/c1-4-5-22-38-36(42)33(23-27-12-8-6-9-13-27)39(25-28-16-18-29(37)19-17-28)35(41)26-40(47(43,44)31-14-10-7-11-15-31)32-24-30(45-2)20-21-34(32)46-3/h6-21,24,33H,4-5,22-23,25-26H2,1-3H3,(H,38,42)/t33-/m0/s1. The quantitative estimate of drug-likeness (QED) is 0.144. The van der Waals surface area contributed by atoms with Gasteiger partial charge in [-0.1, -0.05) is 85.6 Å². The lowest BCUT2D eigenvalue weighted by Gasteiger charge is -2.34. The Bertz CT molecular complexity index is 1720. The number of hydrogen-bond donors (Lipinski definition) is 1. The number of halogens is 1. The number of carbonyl (C=O) groups is 2. The number of amides is 2. The third kappa shape index (κ3) is 9.27. The zero-order valence-corrected chi connectivity index (χ0v) is 28.3. The van der Waals surface area contributed by atoms with E-state index in [1.165, 1.54) is 37.3 Å². The van der Waals surface area contributed by atoms with Gasteiger partial charge in [0.25, 0.3) is 10.0 Å². The number of carbonyl (C=O) groups excluding carboxylic acids is 2. The van der Waals surface area contributed by atoms with E-state index in [0.29, 0.717) is 17.3 Å². The molecule has 0 aliphatic heterocycles. The molecule has 0 fully saturated rings. The first-order valence-corrected chi connectivity index (χ1v) is 17.1. The first-order chi connectivity index (χ1) is 22.7. The highest BCUT2D eigenvalue weighted by molar-refractivity contribution is 7.92. The number of benzene rings is 4. The zero-order valence-electron chi connectivity index (χ0n) is 26.8. The van der Waals surface area contributed by atoms with E-state index in [1.54, 1.807) is 54.6 Å². The van der Waals surface area contributed by atoms with Gasteiger partial charge >= 0.3 is 0 Å². The Kier molecular flexibility index (Phi) is 12.7. The molecule has 0 bridgehead atoms. The summed E-state index contributed by atoms with van der Waals surface area (Å²) in [6.45, 7) is 1.88. The molecule has 248 valence electrons. The lowest BCUT2D eigenvalue weighted by molar-refractivity contribution is -0.140. The molecular weight excluding hydrogens is 638 g/mol.